The molecule has 1 N–H and O–H groups in total. The van der Waals surface area contributed by atoms with E-state index < -0.39 is 0 Å². The molecular formula is C20H25N5O4. The lowest BCUT2D eigenvalue weighted by Crippen LogP contribution is -2.38. The molecule has 29 heavy (non-hydrogen) atoms. The molecule has 154 valence electrons. The van der Waals surface area contributed by atoms with Gasteiger partial charge in [-0.2, -0.15) is 0 Å². The first-order valence-electron chi connectivity index (χ1n) is 10.0. The predicted octanol–water partition coefficient (Wildman–Crippen LogP) is 1.17. The van der Waals surface area contributed by atoms with Gasteiger partial charge in [-0.05, 0) is 33.1 Å². The maximum absolute atomic E-state index is 12.8. The minimum Gasteiger partial charge on any atom is -0.351 e. The summed E-state index contributed by atoms with van der Waals surface area (Å²) in [4.78, 5) is 48.0. The summed E-state index contributed by atoms with van der Waals surface area (Å²) in [7, 11) is 0. The summed E-state index contributed by atoms with van der Waals surface area (Å²) in [5.74, 6) is 0.910. The molecule has 2 fully saturated rings. The van der Waals surface area contributed by atoms with Crippen LogP contribution in [0.4, 0.5) is 0 Å². The van der Waals surface area contributed by atoms with Crippen LogP contribution in [0.15, 0.2) is 15.4 Å². The molecule has 1 saturated heterocycles. The number of nitrogens with zero attached hydrogens (tertiary/aromatic N) is 4. The van der Waals surface area contributed by atoms with Crippen molar-refractivity contribution in [1.82, 2.24) is 24.9 Å². The van der Waals surface area contributed by atoms with E-state index in [9.17, 15) is 14.4 Å². The molecule has 0 bridgehead atoms. The van der Waals surface area contributed by atoms with Crippen LogP contribution < -0.4 is 5.56 Å². The molecule has 0 aromatic carbocycles. The number of nitrogens with one attached hydrogen (secondary N) is 1. The van der Waals surface area contributed by atoms with Crippen molar-refractivity contribution in [1.29, 1.82) is 0 Å². The second-order valence-corrected chi connectivity index (χ2v) is 7.81. The molecule has 4 rings (SSSR count). The fourth-order valence-electron chi connectivity index (χ4n) is 3.71. The fraction of sp³-hybridized carbons (Fsp3) is 0.550. The van der Waals surface area contributed by atoms with Gasteiger partial charge in [0.2, 0.25) is 11.7 Å². The molecule has 2 aromatic heterocycles. The highest BCUT2D eigenvalue weighted by Gasteiger charge is 2.30. The van der Waals surface area contributed by atoms with Crippen LogP contribution in [-0.2, 0) is 11.2 Å². The van der Waals surface area contributed by atoms with Crippen molar-refractivity contribution in [2.45, 2.75) is 45.4 Å². The normalized spacial score (nSPS) is 17.3. The molecule has 1 aliphatic heterocycles. The van der Waals surface area contributed by atoms with Crippen LogP contribution in [0.5, 0.6) is 0 Å². The Kier molecular flexibility index (Phi) is 5.21. The highest BCUT2D eigenvalue weighted by atomic mass is 16.5. The minimum atomic E-state index is -0.272. The van der Waals surface area contributed by atoms with Gasteiger partial charge >= 0.3 is 0 Å². The fourth-order valence-corrected chi connectivity index (χ4v) is 3.71. The average molecular weight is 399 g/mol. The number of aromatic amines is 1. The van der Waals surface area contributed by atoms with Crippen molar-refractivity contribution >= 4 is 11.8 Å². The molecule has 2 amide bonds. The van der Waals surface area contributed by atoms with Crippen molar-refractivity contribution in [3.8, 4) is 0 Å². The summed E-state index contributed by atoms with van der Waals surface area (Å²) in [5, 5.41) is 4.00. The van der Waals surface area contributed by atoms with E-state index in [0.29, 0.717) is 55.6 Å². The van der Waals surface area contributed by atoms with Gasteiger partial charge in [-0.15, -0.1) is 0 Å². The summed E-state index contributed by atoms with van der Waals surface area (Å²) in [6.45, 7) is 5.38. The topological polar surface area (TPSA) is 112 Å². The lowest BCUT2D eigenvalue weighted by Gasteiger charge is -2.21. The maximum atomic E-state index is 12.8. The third-order valence-corrected chi connectivity index (χ3v) is 5.54. The average Bonchev–Trinajstić information content (AvgIpc) is 3.46. The van der Waals surface area contributed by atoms with Crippen molar-refractivity contribution in [3.63, 3.8) is 0 Å². The Morgan fingerprint density at radius 3 is 2.62 bits per heavy atom. The number of rotatable bonds is 4. The number of aromatic nitrogens is 3. The zero-order valence-electron chi connectivity index (χ0n) is 16.7. The van der Waals surface area contributed by atoms with Crippen LogP contribution in [0, 0.1) is 13.8 Å². The highest BCUT2D eigenvalue weighted by molar-refractivity contribution is 5.91. The zero-order valence-corrected chi connectivity index (χ0v) is 16.7. The number of H-pyrrole nitrogens is 1. The first-order valence-corrected chi connectivity index (χ1v) is 10.0. The molecule has 0 unspecified atom stereocenters. The molecule has 0 atom stereocenters. The van der Waals surface area contributed by atoms with Gasteiger partial charge in [0.25, 0.3) is 11.5 Å². The largest absolute Gasteiger partial charge is 0.351 e. The molecule has 1 aliphatic carbocycles. The molecule has 0 spiro atoms. The van der Waals surface area contributed by atoms with Gasteiger partial charge in [-0.3, -0.25) is 14.4 Å². The van der Waals surface area contributed by atoms with E-state index in [2.05, 4.69) is 15.1 Å². The van der Waals surface area contributed by atoms with Gasteiger partial charge in [-0.1, -0.05) is 5.16 Å². The number of hydrogen-bond acceptors (Lipinski definition) is 6. The van der Waals surface area contributed by atoms with Gasteiger partial charge in [0, 0.05) is 49.4 Å². The Morgan fingerprint density at radius 2 is 1.90 bits per heavy atom. The Labute approximate surface area is 168 Å². The molecule has 9 heteroatoms. The number of carbonyl (C=O) groups is 2. The Bertz CT molecular complexity index is 991. The first-order chi connectivity index (χ1) is 13.9. The van der Waals surface area contributed by atoms with E-state index in [1.807, 2.05) is 0 Å². The molecule has 1 saturated carbocycles. The van der Waals surface area contributed by atoms with Crippen LogP contribution in [0.1, 0.15) is 58.5 Å². The molecule has 9 nitrogen and oxygen atoms in total. The summed E-state index contributed by atoms with van der Waals surface area (Å²) in [5.41, 5.74) is 1.55. The second kappa shape index (κ2) is 7.81. The SMILES string of the molecule is Cc1nc(C)c(CC(=O)N2CCCN(C(=O)c3cc(C4CC4)no3)CC2)c(=O)[nH]1. The van der Waals surface area contributed by atoms with Crippen LogP contribution in [-0.4, -0.2) is 62.9 Å². The summed E-state index contributed by atoms with van der Waals surface area (Å²) < 4.78 is 5.24. The lowest BCUT2D eigenvalue weighted by atomic mass is 10.1. The van der Waals surface area contributed by atoms with Crippen LogP contribution in [0.3, 0.4) is 0 Å². The van der Waals surface area contributed by atoms with Crippen LogP contribution in [0.2, 0.25) is 0 Å². The Hall–Kier alpha value is -2.97. The first kappa shape index (κ1) is 19.4. The monoisotopic (exact) mass is 399 g/mol. The third-order valence-electron chi connectivity index (χ3n) is 5.54. The quantitative estimate of drug-likeness (QED) is 0.826. The van der Waals surface area contributed by atoms with Gasteiger partial charge in [0.1, 0.15) is 5.82 Å². The van der Waals surface area contributed by atoms with Crippen molar-refractivity contribution in [2.24, 2.45) is 0 Å². The van der Waals surface area contributed by atoms with Crippen molar-refractivity contribution in [2.75, 3.05) is 26.2 Å². The maximum Gasteiger partial charge on any atom is 0.292 e. The number of hydrogen-bond donors (Lipinski definition) is 1. The van der Waals surface area contributed by atoms with Crippen LogP contribution in [0.25, 0.3) is 0 Å². The smallest absolute Gasteiger partial charge is 0.292 e. The van der Waals surface area contributed by atoms with Gasteiger partial charge in [0.15, 0.2) is 0 Å². The second-order valence-electron chi connectivity index (χ2n) is 7.81. The molecule has 2 aliphatic rings. The molecular weight excluding hydrogens is 374 g/mol. The Balaban J connectivity index is 1.38. The van der Waals surface area contributed by atoms with Gasteiger partial charge < -0.3 is 19.3 Å². The number of carbonyl (C=O) groups excluding carboxylic acids is 2. The molecule has 2 aromatic rings. The summed E-state index contributed by atoms with van der Waals surface area (Å²) in [6.07, 6.45) is 2.87. The van der Waals surface area contributed by atoms with E-state index in [1.54, 1.807) is 29.7 Å². The summed E-state index contributed by atoms with van der Waals surface area (Å²) >= 11 is 0. The highest BCUT2D eigenvalue weighted by Crippen LogP contribution is 2.39. The summed E-state index contributed by atoms with van der Waals surface area (Å²) in [6, 6.07) is 1.74. The van der Waals surface area contributed by atoms with E-state index in [4.69, 9.17) is 4.52 Å². The standard InChI is InChI=1S/C20H25N5O4/c1-12-15(19(27)22-13(2)21-12)10-18(26)24-6-3-7-25(9-8-24)20(28)17-11-16(23-29-17)14-4-5-14/h11,14H,3-10H2,1-2H3,(H,21,22,27). The lowest BCUT2D eigenvalue weighted by molar-refractivity contribution is -0.130. The number of amides is 2. The Morgan fingerprint density at radius 1 is 1.17 bits per heavy atom. The molecule has 3 heterocycles. The van der Waals surface area contributed by atoms with Gasteiger partial charge in [-0.25, -0.2) is 4.98 Å². The van der Waals surface area contributed by atoms with E-state index in [0.717, 1.165) is 18.5 Å². The van der Waals surface area contributed by atoms with Crippen LogP contribution >= 0.6 is 0 Å². The van der Waals surface area contributed by atoms with E-state index in [1.165, 1.54) is 0 Å². The minimum absolute atomic E-state index is 0.00917. The zero-order chi connectivity index (χ0) is 20.5. The van der Waals surface area contributed by atoms with Gasteiger partial charge in [0.05, 0.1) is 12.1 Å². The van der Waals surface area contributed by atoms with Crippen molar-refractivity contribution in [3.05, 3.63) is 45.0 Å². The van der Waals surface area contributed by atoms with E-state index >= 15 is 0 Å². The van der Waals surface area contributed by atoms with Crippen molar-refractivity contribution < 1.29 is 14.1 Å². The third kappa shape index (κ3) is 4.23. The predicted molar refractivity (Wildman–Crippen MR) is 104 cm³/mol. The number of aryl methyl sites for hydroxylation is 2. The molecule has 0 radical (unpaired) electrons. The van der Waals surface area contributed by atoms with E-state index in [-0.39, 0.29) is 29.6 Å².